The van der Waals surface area contributed by atoms with E-state index in [-0.39, 0.29) is 5.78 Å². The molecule has 0 N–H and O–H groups in total. The first-order chi connectivity index (χ1) is 8.34. The van der Waals surface area contributed by atoms with Gasteiger partial charge in [0.2, 0.25) is 5.95 Å². The van der Waals surface area contributed by atoms with Crippen LogP contribution in [0.5, 0.6) is 0 Å². The number of Topliss-reactive ketones (excluding diaryl/α,β-unsaturated/α-hetero) is 1. The zero-order valence-electron chi connectivity index (χ0n) is 9.69. The predicted octanol–water partition coefficient (Wildman–Crippen LogP) is 0.832. The number of hydrogen-bond donors (Lipinski definition) is 0. The monoisotopic (exact) mass is 233 g/mol. The molecular weight excluding hydrogens is 218 g/mol. The van der Waals surface area contributed by atoms with Gasteiger partial charge in [-0.2, -0.15) is 0 Å². The molecule has 0 spiro atoms. The normalized spacial score (nSPS) is 20.2. The molecule has 2 aliphatic rings. The lowest BCUT2D eigenvalue weighted by molar-refractivity contribution is 0.0971. The molecule has 90 valence electrons. The molecule has 0 amide bonds. The van der Waals surface area contributed by atoms with E-state index in [1.807, 2.05) is 0 Å². The lowest BCUT2D eigenvalue weighted by Crippen LogP contribution is -2.37. The lowest BCUT2D eigenvalue weighted by Gasteiger charge is -2.27. The molecule has 1 aromatic heterocycles. The average Bonchev–Trinajstić information content (AvgIpc) is 2.40. The van der Waals surface area contributed by atoms with E-state index in [1.54, 1.807) is 6.20 Å². The molecule has 0 bridgehead atoms. The summed E-state index contributed by atoms with van der Waals surface area (Å²) < 4.78 is 5.30. The molecule has 1 saturated heterocycles. The second kappa shape index (κ2) is 4.41. The van der Waals surface area contributed by atoms with E-state index in [1.165, 1.54) is 0 Å². The molecule has 0 unspecified atom stereocenters. The maximum absolute atomic E-state index is 11.7. The maximum atomic E-state index is 11.7. The molecule has 3 rings (SSSR count). The number of aryl methyl sites for hydroxylation is 1. The molecule has 0 saturated carbocycles. The second-order valence-electron chi connectivity index (χ2n) is 4.41. The highest BCUT2D eigenvalue weighted by Crippen LogP contribution is 2.21. The molecule has 1 fully saturated rings. The molecule has 0 aromatic carbocycles. The Bertz CT molecular complexity index is 441. The Balaban J connectivity index is 1.89. The number of ketones is 1. The molecule has 5 nitrogen and oxygen atoms in total. The highest BCUT2D eigenvalue weighted by molar-refractivity contribution is 5.97. The molecule has 1 aliphatic carbocycles. The molecule has 17 heavy (non-hydrogen) atoms. The van der Waals surface area contributed by atoms with E-state index in [2.05, 4.69) is 14.9 Å². The van der Waals surface area contributed by atoms with E-state index in [9.17, 15) is 4.79 Å². The van der Waals surface area contributed by atoms with Crippen LogP contribution in [0.4, 0.5) is 5.95 Å². The van der Waals surface area contributed by atoms with Gasteiger partial charge in [0.25, 0.3) is 0 Å². The Hall–Kier alpha value is -1.49. The number of hydrogen-bond acceptors (Lipinski definition) is 5. The van der Waals surface area contributed by atoms with E-state index >= 15 is 0 Å². The van der Waals surface area contributed by atoms with Gasteiger partial charge >= 0.3 is 0 Å². The smallest absolute Gasteiger partial charge is 0.225 e. The van der Waals surface area contributed by atoms with Crippen molar-refractivity contribution in [2.75, 3.05) is 31.2 Å². The van der Waals surface area contributed by atoms with E-state index in [4.69, 9.17) is 4.74 Å². The van der Waals surface area contributed by atoms with Crippen LogP contribution in [0.2, 0.25) is 0 Å². The minimum absolute atomic E-state index is 0.180. The number of carbonyl (C=O) groups is 1. The van der Waals surface area contributed by atoms with Crippen molar-refractivity contribution in [2.45, 2.75) is 19.3 Å². The zero-order chi connectivity index (χ0) is 11.7. The van der Waals surface area contributed by atoms with Crippen molar-refractivity contribution < 1.29 is 9.53 Å². The van der Waals surface area contributed by atoms with Crippen molar-refractivity contribution in [3.63, 3.8) is 0 Å². The summed E-state index contributed by atoms with van der Waals surface area (Å²) in [4.78, 5) is 22.6. The van der Waals surface area contributed by atoms with Gasteiger partial charge < -0.3 is 9.64 Å². The van der Waals surface area contributed by atoms with Crippen LogP contribution in [0.3, 0.4) is 0 Å². The number of ether oxygens (including phenoxy) is 1. The topological polar surface area (TPSA) is 55.3 Å². The van der Waals surface area contributed by atoms with Crippen molar-refractivity contribution in [1.29, 1.82) is 0 Å². The Kier molecular flexibility index (Phi) is 2.76. The fourth-order valence-electron chi connectivity index (χ4n) is 2.30. The molecule has 1 aliphatic heterocycles. The fourth-order valence-corrected chi connectivity index (χ4v) is 2.30. The van der Waals surface area contributed by atoms with Crippen molar-refractivity contribution in [1.82, 2.24) is 9.97 Å². The van der Waals surface area contributed by atoms with Crippen LogP contribution >= 0.6 is 0 Å². The Morgan fingerprint density at radius 3 is 2.88 bits per heavy atom. The minimum atomic E-state index is 0.180. The summed E-state index contributed by atoms with van der Waals surface area (Å²) in [6, 6.07) is 0. The Labute approximate surface area is 99.8 Å². The number of nitrogens with zero attached hydrogens (tertiary/aromatic N) is 3. The van der Waals surface area contributed by atoms with Gasteiger partial charge in [-0.05, 0) is 12.8 Å². The third kappa shape index (κ3) is 2.02. The van der Waals surface area contributed by atoms with Crippen LogP contribution in [-0.2, 0) is 11.2 Å². The van der Waals surface area contributed by atoms with Gasteiger partial charge in [-0.1, -0.05) is 0 Å². The van der Waals surface area contributed by atoms with Crippen LogP contribution in [0, 0.1) is 0 Å². The summed E-state index contributed by atoms with van der Waals surface area (Å²) in [5.74, 6) is 0.918. The summed E-state index contributed by atoms with van der Waals surface area (Å²) in [6.07, 6.45) is 4.12. The Morgan fingerprint density at radius 2 is 2.06 bits per heavy atom. The van der Waals surface area contributed by atoms with Crippen LogP contribution < -0.4 is 4.90 Å². The van der Waals surface area contributed by atoms with Crippen LogP contribution in [0.15, 0.2) is 6.20 Å². The lowest BCUT2D eigenvalue weighted by atomic mass is 9.96. The van der Waals surface area contributed by atoms with Crippen LogP contribution in [0.25, 0.3) is 0 Å². The van der Waals surface area contributed by atoms with Gasteiger partial charge in [0.15, 0.2) is 5.78 Å². The summed E-state index contributed by atoms with van der Waals surface area (Å²) >= 11 is 0. The largest absolute Gasteiger partial charge is 0.378 e. The average molecular weight is 233 g/mol. The molecule has 0 atom stereocenters. The summed E-state index contributed by atoms with van der Waals surface area (Å²) in [7, 11) is 0. The number of morpholine rings is 1. The molecular formula is C12H15N3O2. The maximum Gasteiger partial charge on any atom is 0.225 e. The third-order valence-corrected chi connectivity index (χ3v) is 3.27. The molecule has 5 heteroatoms. The third-order valence-electron chi connectivity index (χ3n) is 3.27. The van der Waals surface area contributed by atoms with Gasteiger partial charge in [0.1, 0.15) is 0 Å². The number of aromatic nitrogens is 2. The summed E-state index contributed by atoms with van der Waals surface area (Å²) in [5, 5.41) is 0. The minimum Gasteiger partial charge on any atom is -0.378 e. The number of anilines is 1. The SMILES string of the molecule is O=C1CCCc2nc(N3CCOCC3)ncc21. The Morgan fingerprint density at radius 1 is 1.24 bits per heavy atom. The molecule has 2 heterocycles. The van der Waals surface area contributed by atoms with Gasteiger partial charge in [-0.15, -0.1) is 0 Å². The number of rotatable bonds is 1. The number of carbonyl (C=O) groups excluding carboxylic acids is 1. The predicted molar refractivity (Wildman–Crippen MR) is 62.3 cm³/mol. The van der Waals surface area contributed by atoms with Gasteiger partial charge in [0.05, 0.1) is 24.5 Å². The fraction of sp³-hybridized carbons (Fsp3) is 0.583. The molecule has 1 aromatic rings. The van der Waals surface area contributed by atoms with E-state index in [0.717, 1.165) is 50.8 Å². The van der Waals surface area contributed by atoms with Crippen molar-refractivity contribution in [2.24, 2.45) is 0 Å². The first-order valence-electron chi connectivity index (χ1n) is 6.06. The quantitative estimate of drug-likeness (QED) is 0.719. The highest BCUT2D eigenvalue weighted by Gasteiger charge is 2.21. The van der Waals surface area contributed by atoms with Crippen molar-refractivity contribution in [3.8, 4) is 0 Å². The summed E-state index contributed by atoms with van der Waals surface area (Å²) in [5.41, 5.74) is 1.63. The van der Waals surface area contributed by atoms with Gasteiger partial charge in [-0.25, -0.2) is 9.97 Å². The standard InChI is InChI=1S/C12H15N3O2/c16-11-3-1-2-10-9(11)8-13-12(14-10)15-4-6-17-7-5-15/h8H,1-7H2. The van der Waals surface area contributed by atoms with Crippen LogP contribution in [0.1, 0.15) is 28.9 Å². The van der Waals surface area contributed by atoms with E-state index < -0.39 is 0 Å². The first-order valence-corrected chi connectivity index (χ1v) is 6.06. The van der Waals surface area contributed by atoms with E-state index in [0.29, 0.717) is 12.0 Å². The zero-order valence-corrected chi connectivity index (χ0v) is 9.69. The van der Waals surface area contributed by atoms with Crippen LogP contribution in [-0.4, -0.2) is 42.1 Å². The second-order valence-corrected chi connectivity index (χ2v) is 4.41. The number of fused-ring (bicyclic) bond motifs is 1. The first kappa shape index (κ1) is 10.7. The van der Waals surface area contributed by atoms with Gasteiger partial charge in [0, 0.05) is 25.7 Å². The highest BCUT2D eigenvalue weighted by atomic mass is 16.5. The van der Waals surface area contributed by atoms with Gasteiger partial charge in [-0.3, -0.25) is 4.79 Å². The summed E-state index contributed by atoms with van der Waals surface area (Å²) in [6.45, 7) is 3.10. The van der Waals surface area contributed by atoms with Crippen molar-refractivity contribution in [3.05, 3.63) is 17.5 Å². The molecule has 0 radical (unpaired) electrons. The van der Waals surface area contributed by atoms with Crippen molar-refractivity contribution >= 4 is 11.7 Å².